The topological polar surface area (TPSA) is 58.4 Å². The maximum atomic E-state index is 11.9. The zero-order chi connectivity index (χ0) is 15.1. The minimum Gasteiger partial charge on any atom is -0.389 e. The molecular weight excluding hydrogens is 302 g/mol. The van der Waals surface area contributed by atoms with Crippen LogP contribution in [0.25, 0.3) is 0 Å². The minimum atomic E-state index is 0.0430. The first-order valence-corrected chi connectivity index (χ1v) is 8.71. The third-order valence-corrected chi connectivity index (χ3v) is 4.59. The van der Waals surface area contributed by atoms with E-state index in [0.29, 0.717) is 11.4 Å². The minimum absolute atomic E-state index is 0.0430. The van der Waals surface area contributed by atoms with Gasteiger partial charge in [-0.1, -0.05) is 24.4 Å². The van der Waals surface area contributed by atoms with Gasteiger partial charge in [-0.25, -0.2) is 0 Å². The quantitative estimate of drug-likeness (QED) is 0.785. The fourth-order valence-corrected chi connectivity index (χ4v) is 3.37. The van der Waals surface area contributed by atoms with Gasteiger partial charge in [0.1, 0.15) is 4.99 Å². The van der Waals surface area contributed by atoms with Crippen molar-refractivity contribution in [3.63, 3.8) is 0 Å². The third kappa shape index (κ3) is 5.65. The van der Waals surface area contributed by atoms with Gasteiger partial charge in [-0.2, -0.15) is 11.8 Å². The molecule has 1 fully saturated rings. The average Bonchev–Trinajstić information content (AvgIpc) is 2.48. The van der Waals surface area contributed by atoms with Crippen LogP contribution in [-0.2, 0) is 4.79 Å². The molecular formula is C15H21N3OS2. The van der Waals surface area contributed by atoms with Gasteiger partial charge in [0.25, 0.3) is 0 Å². The lowest BCUT2D eigenvalue weighted by atomic mass is 10.2. The SMILES string of the molecule is NC(=S)c1cccc(NC(=O)CCCN2CCSCC2)c1. The molecule has 0 atom stereocenters. The van der Waals surface area contributed by atoms with Gasteiger partial charge in [0, 0.05) is 42.3 Å². The number of benzene rings is 1. The molecule has 4 nitrogen and oxygen atoms in total. The molecule has 1 aromatic rings. The molecule has 6 heteroatoms. The number of nitrogens with two attached hydrogens (primary N) is 1. The molecule has 0 spiro atoms. The van der Waals surface area contributed by atoms with Crippen molar-refractivity contribution in [2.24, 2.45) is 5.73 Å². The Labute approximate surface area is 135 Å². The summed E-state index contributed by atoms with van der Waals surface area (Å²) >= 11 is 6.94. The summed E-state index contributed by atoms with van der Waals surface area (Å²) in [5, 5.41) is 2.90. The summed E-state index contributed by atoms with van der Waals surface area (Å²) in [7, 11) is 0. The Morgan fingerprint density at radius 1 is 1.38 bits per heavy atom. The van der Waals surface area contributed by atoms with Crippen molar-refractivity contribution in [3.8, 4) is 0 Å². The standard InChI is InChI=1S/C15H21N3OS2/c16-15(20)12-3-1-4-13(11-12)17-14(19)5-2-6-18-7-9-21-10-8-18/h1,3-4,11H,2,5-10H2,(H2,16,20)(H,17,19). The molecule has 1 amide bonds. The number of thiocarbonyl (C=S) groups is 1. The molecule has 1 aliphatic rings. The molecule has 1 aliphatic heterocycles. The molecule has 1 saturated heterocycles. The van der Waals surface area contributed by atoms with Crippen LogP contribution in [-0.4, -0.2) is 46.9 Å². The molecule has 0 radical (unpaired) electrons. The highest BCUT2D eigenvalue weighted by molar-refractivity contribution is 7.99. The van der Waals surface area contributed by atoms with Crippen LogP contribution in [0.4, 0.5) is 5.69 Å². The first-order chi connectivity index (χ1) is 10.1. The van der Waals surface area contributed by atoms with E-state index in [9.17, 15) is 4.79 Å². The Balaban J connectivity index is 1.73. The first-order valence-electron chi connectivity index (χ1n) is 7.15. The number of amides is 1. The third-order valence-electron chi connectivity index (χ3n) is 3.41. The lowest BCUT2D eigenvalue weighted by molar-refractivity contribution is -0.116. The van der Waals surface area contributed by atoms with Crippen molar-refractivity contribution in [1.29, 1.82) is 0 Å². The van der Waals surface area contributed by atoms with Crippen LogP contribution in [0.15, 0.2) is 24.3 Å². The van der Waals surface area contributed by atoms with Crippen molar-refractivity contribution in [1.82, 2.24) is 4.90 Å². The van der Waals surface area contributed by atoms with Gasteiger partial charge < -0.3 is 16.0 Å². The second-order valence-corrected chi connectivity index (χ2v) is 6.72. The number of carbonyl (C=O) groups excluding carboxylic acids is 1. The van der Waals surface area contributed by atoms with Crippen molar-refractivity contribution in [2.45, 2.75) is 12.8 Å². The average molecular weight is 323 g/mol. The summed E-state index contributed by atoms with van der Waals surface area (Å²) in [6, 6.07) is 7.34. The largest absolute Gasteiger partial charge is 0.389 e. The molecule has 1 heterocycles. The van der Waals surface area contributed by atoms with Gasteiger partial charge in [-0.3, -0.25) is 4.79 Å². The fourth-order valence-electron chi connectivity index (χ4n) is 2.26. The highest BCUT2D eigenvalue weighted by atomic mass is 32.2. The summed E-state index contributed by atoms with van der Waals surface area (Å²) in [5.74, 6) is 2.46. The van der Waals surface area contributed by atoms with E-state index in [4.69, 9.17) is 18.0 Å². The second kappa shape index (κ2) is 8.36. The molecule has 21 heavy (non-hydrogen) atoms. The molecule has 0 aliphatic carbocycles. The van der Waals surface area contributed by atoms with E-state index in [2.05, 4.69) is 10.2 Å². The molecule has 0 aromatic heterocycles. The molecule has 3 N–H and O–H groups in total. The number of hydrogen-bond acceptors (Lipinski definition) is 4. The first kappa shape index (κ1) is 16.3. The van der Waals surface area contributed by atoms with Crippen molar-refractivity contribution in [2.75, 3.05) is 36.5 Å². The van der Waals surface area contributed by atoms with E-state index in [1.54, 1.807) is 0 Å². The smallest absolute Gasteiger partial charge is 0.224 e. The number of carbonyl (C=O) groups is 1. The molecule has 1 aromatic carbocycles. The Morgan fingerprint density at radius 3 is 2.86 bits per heavy atom. The normalized spacial score (nSPS) is 15.6. The number of nitrogens with zero attached hydrogens (tertiary/aromatic N) is 1. The number of thioether (sulfide) groups is 1. The maximum absolute atomic E-state index is 11.9. The second-order valence-electron chi connectivity index (χ2n) is 5.05. The Morgan fingerprint density at radius 2 is 2.14 bits per heavy atom. The zero-order valence-corrected chi connectivity index (χ0v) is 13.6. The number of hydrogen-bond donors (Lipinski definition) is 2. The zero-order valence-electron chi connectivity index (χ0n) is 12.0. The van der Waals surface area contributed by atoms with Crippen molar-refractivity contribution < 1.29 is 4.79 Å². The van der Waals surface area contributed by atoms with E-state index >= 15 is 0 Å². The predicted octanol–water partition coefficient (Wildman–Crippen LogP) is 2.09. The Bertz CT molecular complexity index is 501. The Hall–Kier alpha value is -1.11. The highest BCUT2D eigenvalue weighted by Gasteiger charge is 2.10. The van der Waals surface area contributed by atoms with Crippen LogP contribution >= 0.6 is 24.0 Å². The summed E-state index contributed by atoms with van der Waals surface area (Å²) in [6.07, 6.45) is 1.44. The molecule has 0 bridgehead atoms. The van der Waals surface area contributed by atoms with Crippen LogP contribution in [0.5, 0.6) is 0 Å². The molecule has 114 valence electrons. The van der Waals surface area contributed by atoms with Crippen LogP contribution in [0, 0.1) is 0 Å². The van der Waals surface area contributed by atoms with Crippen molar-refractivity contribution in [3.05, 3.63) is 29.8 Å². The van der Waals surface area contributed by atoms with Crippen LogP contribution in [0.2, 0.25) is 0 Å². The summed E-state index contributed by atoms with van der Waals surface area (Å²) in [6.45, 7) is 3.28. The van der Waals surface area contributed by atoms with E-state index in [1.165, 1.54) is 11.5 Å². The van der Waals surface area contributed by atoms with E-state index < -0.39 is 0 Å². The van der Waals surface area contributed by atoms with Gasteiger partial charge in [0.15, 0.2) is 0 Å². The van der Waals surface area contributed by atoms with Crippen LogP contribution in [0.3, 0.4) is 0 Å². The van der Waals surface area contributed by atoms with Gasteiger partial charge >= 0.3 is 0 Å². The lowest BCUT2D eigenvalue weighted by Gasteiger charge is -2.25. The Kier molecular flexibility index (Phi) is 6.48. The van der Waals surface area contributed by atoms with Gasteiger partial charge in [-0.05, 0) is 25.1 Å². The van der Waals surface area contributed by atoms with Gasteiger partial charge in [0.2, 0.25) is 5.91 Å². The van der Waals surface area contributed by atoms with Gasteiger partial charge in [0.05, 0.1) is 0 Å². The summed E-state index contributed by atoms with van der Waals surface area (Å²) in [5.41, 5.74) is 7.11. The van der Waals surface area contributed by atoms with E-state index in [0.717, 1.165) is 37.3 Å². The number of rotatable bonds is 6. The van der Waals surface area contributed by atoms with E-state index in [1.807, 2.05) is 36.0 Å². The summed E-state index contributed by atoms with van der Waals surface area (Å²) in [4.78, 5) is 14.7. The van der Waals surface area contributed by atoms with E-state index in [-0.39, 0.29) is 5.91 Å². The van der Waals surface area contributed by atoms with Gasteiger partial charge in [-0.15, -0.1) is 0 Å². The van der Waals surface area contributed by atoms with Crippen LogP contribution < -0.4 is 11.1 Å². The van der Waals surface area contributed by atoms with Crippen LogP contribution in [0.1, 0.15) is 18.4 Å². The number of anilines is 1. The summed E-state index contributed by atoms with van der Waals surface area (Å²) < 4.78 is 0. The monoisotopic (exact) mass is 323 g/mol. The molecule has 0 unspecified atom stereocenters. The number of nitrogens with one attached hydrogen (secondary N) is 1. The predicted molar refractivity (Wildman–Crippen MR) is 94.0 cm³/mol. The fraction of sp³-hybridized carbons (Fsp3) is 0.467. The highest BCUT2D eigenvalue weighted by Crippen LogP contribution is 2.12. The molecule has 2 rings (SSSR count). The van der Waals surface area contributed by atoms with Crippen molar-refractivity contribution >= 4 is 40.6 Å². The maximum Gasteiger partial charge on any atom is 0.224 e. The lowest BCUT2D eigenvalue weighted by Crippen LogP contribution is -2.33. The molecule has 0 saturated carbocycles.